The number of hydrogen-bond donors (Lipinski definition) is 1. The highest BCUT2D eigenvalue weighted by molar-refractivity contribution is 7.98. The summed E-state index contributed by atoms with van der Waals surface area (Å²) < 4.78 is 0. The number of amides is 1. The van der Waals surface area contributed by atoms with Gasteiger partial charge in [0.2, 0.25) is 5.91 Å². The maximum Gasteiger partial charge on any atom is 0.224 e. The van der Waals surface area contributed by atoms with Gasteiger partial charge in [-0.05, 0) is 81.9 Å². The largest absolute Gasteiger partial charge is 0.352 e. The molecule has 5 nitrogen and oxygen atoms in total. The highest BCUT2D eigenvalue weighted by Crippen LogP contribution is 2.24. The van der Waals surface area contributed by atoms with Gasteiger partial charge in [0, 0.05) is 31.5 Å². The molecule has 1 N–H and O–H groups in total. The topological polar surface area (TPSA) is 48.5 Å². The molecule has 2 aliphatic heterocycles. The van der Waals surface area contributed by atoms with E-state index < -0.39 is 0 Å². The zero-order valence-electron chi connectivity index (χ0n) is 16.6. The number of thioether (sulfide) groups is 1. The predicted octanol–water partition coefficient (Wildman–Crippen LogP) is 2.63. The third kappa shape index (κ3) is 6.47. The molecule has 1 unspecified atom stereocenters. The van der Waals surface area contributed by atoms with Crippen molar-refractivity contribution in [3.63, 3.8) is 0 Å². The van der Waals surface area contributed by atoms with Gasteiger partial charge in [-0.25, -0.2) is 0 Å². The normalized spacial score (nSPS) is 22.6. The first-order chi connectivity index (χ1) is 13.3. The van der Waals surface area contributed by atoms with E-state index in [1.165, 1.54) is 44.6 Å². The Morgan fingerprint density at radius 3 is 2.89 bits per heavy atom. The molecule has 0 bridgehead atoms. The Labute approximate surface area is 168 Å². The maximum atomic E-state index is 12.6. The number of carbonyl (C=O) groups is 1. The second-order valence-corrected chi connectivity index (χ2v) is 8.82. The van der Waals surface area contributed by atoms with Crippen LogP contribution in [0.15, 0.2) is 24.5 Å². The van der Waals surface area contributed by atoms with Crippen LogP contribution in [0.1, 0.15) is 37.7 Å². The number of likely N-dealkylation sites (tertiary alicyclic amines) is 2. The fourth-order valence-electron chi connectivity index (χ4n) is 4.33. The number of piperidine rings is 2. The molecule has 2 saturated heterocycles. The summed E-state index contributed by atoms with van der Waals surface area (Å²) in [6.45, 7) is 6.34. The second kappa shape index (κ2) is 11.0. The number of aromatic nitrogens is 1. The van der Waals surface area contributed by atoms with Gasteiger partial charge >= 0.3 is 0 Å². The van der Waals surface area contributed by atoms with Gasteiger partial charge in [-0.15, -0.1) is 0 Å². The molecule has 3 rings (SSSR count). The van der Waals surface area contributed by atoms with Crippen LogP contribution in [0.5, 0.6) is 0 Å². The van der Waals surface area contributed by atoms with E-state index in [2.05, 4.69) is 26.4 Å². The lowest BCUT2D eigenvalue weighted by molar-refractivity contribution is -0.127. The van der Waals surface area contributed by atoms with Crippen molar-refractivity contribution in [2.24, 2.45) is 5.92 Å². The average molecular weight is 391 g/mol. The smallest absolute Gasteiger partial charge is 0.224 e. The molecule has 1 atom stereocenters. The quantitative estimate of drug-likeness (QED) is 0.692. The van der Waals surface area contributed by atoms with Crippen molar-refractivity contribution < 1.29 is 4.79 Å². The molecule has 27 heavy (non-hydrogen) atoms. The van der Waals surface area contributed by atoms with Crippen molar-refractivity contribution in [1.29, 1.82) is 0 Å². The van der Waals surface area contributed by atoms with Crippen molar-refractivity contribution in [1.82, 2.24) is 20.1 Å². The van der Waals surface area contributed by atoms with Gasteiger partial charge in [-0.2, -0.15) is 11.8 Å². The Bertz CT molecular complexity index is 563. The second-order valence-electron chi connectivity index (χ2n) is 7.83. The summed E-state index contributed by atoms with van der Waals surface area (Å²) in [4.78, 5) is 22.0. The summed E-state index contributed by atoms with van der Waals surface area (Å²) in [5.74, 6) is 1.61. The van der Waals surface area contributed by atoms with Crippen LogP contribution in [0.3, 0.4) is 0 Å². The van der Waals surface area contributed by atoms with Gasteiger partial charge in [0.15, 0.2) is 0 Å². The molecule has 1 aromatic rings. The molecule has 150 valence electrons. The lowest BCUT2D eigenvalue weighted by atomic mass is 9.93. The zero-order valence-corrected chi connectivity index (χ0v) is 17.4. The summed E-state index contributed by atoms with van der Waals surface area (Å²) in [5.41, 5.74) is 1.06. The first-order valence-electron chi connectivity index (χ1n) is 10.4. The van der Waals surface area contributed by atoms with E-state index in [1.54, 1.807) is 6.20 Å². The number of pyridine rings is 1. The van der Waals surface area contributed by atoms with Crippen LogP contribution in [0, 0.1) is 5.92 Å². The van der Waals surface area contributed by atoms with Crippen molar-refractivity contribution >= 4 is 17.7 Å². The van der Waals surface area contributed by atoms with Crippen LogP contribution >= 0.6 is 11.8 Å². The van der Waals surface area contributed by atoms with Crippen molar-refractivity contribution in [2.45, 2.75) is 44.7 Å². The van der Waals surface area contributed by atoms with Crippen LogP contribution in [0.25, 0.3) is 0 Å². The van der Waals surface area contributed by atoms with Crippen LogP contribution in [0.4, 0.5) is 0 Å². The molecule has 0 radical (unpaired) electrons. The summed E-state index contributed by atoms with van der Waals surface area (Å²) in [6, 6.07) is 4.58. The lowest BCUT2D eigenvalue weighted by Crippen LogP contribution is -2.50. The maximum absolute atomic E-state index is 12.6. The van der Waals surface area contributed by atoms with Crippen molar-refractivity contribution in [2.75, 3.05) is 44.7 Å². The van der Waals surface area contributed by atoms with Crippen LogP contribution in [-0.4, -0.2) is 71.5 Å². The number of rotatable bonds is 8. The monoisotopic (exact) mass is 390 g/mol. The molecule has 1 amide bonds. The van der Waals surface area contributed by atoms with E-state index in [9.17, 15) is 4.79 Å². The third-order valence-corrected chi connectivity index (χ3v) is 6.61. The van der Waals surface area contributed by atoms with Gasteiger partial charge in [0.25, 0.3) is 0 Å². The molecular formula is C21H34N4OS. The summed E-state index contributed by atoms with van der Waals surface area (Å²) in [6.07, 6.45) is 11.7. The molecule has 2 fully saturated rings. The minimum absolute atomic E-state index is 0.134. The number of hydrogen-bond acceptors (Lipinski definition) is 5. The Morgan fingerprint density at radius 1 is 1.30 bits per heavy atom. The third-order valence-electron chi connectivity index (χ3n) is 5.91. The van der Waals surface area contributed by atoms with E-state index in [4.69, 9.17) is 0 Å². The SMILES string of the molecule is CSCCCN1CCC(N2CCCC(C(=O)NCc3cccnc3)C2)CC1. The van der Waals surface area contributed by atoms with Gasteiger partial charge in [-0.3, -0.25) is 14.7 Å². The fourth-order valence-corrected chi connectivity index (χ4v) is 4.75. The van der Waals surface area contributed by atoms with E-state index in [0.29, 0.717) is 12.6 Å². The van der Waals surface area contributed by atoms with E-state index in [0.717, 1.165) is 31.5 Å². The summed E-state index contributed by atoms with van der Waals surface area (Å²) >= 11 is 1.94. The number of carbonyl (C=O) groups excluding carboxylic acids is 1. The molecule has 3 heterocycles. The molecule has 0 aromatic carbocycles. The van der Waals surface area contributed by atoms with Gasteiger partial charge < -0.3 is 10.2 Å². The minimum atomic E-state index is 0.134. The Morgan fingerprint density at radius 2 is 2.15 bits per heavy atom. The number of nitrogens with one attached hydrogen (secondary N) is 1. The fraction of sp³-hybridized carbons (Fsp3) is 0.714. The highest BCUT2D eigenvalue weighted by Gasteiger charge is 2.31. The molecule has 0 spiro atoms. The van der Waals surface area contributed by atoms with Gasteiger partial charge in [-0.1, -0.05) is 6.07 Å². The van der Waals surface area contributed by atoms with E-state index in [1.807, 2.05) is 30.1 Å². The first kappa shape index (κ1) is 20.6. The van der Waals surface area contributed by atoms with Crippen LogP contribution in [0.2, 0.25) is 0 Å². The van der Waals surface area contributed by atoms with Gasteiger partial charge in [0.05, 0.1) is 5.92 Å². The standard InChI is InChI=1S/C21H34N4OS/c1-27-14-4-10-24-12-7-20(8-13-24)25-11-3-6-19(17-25)21(26)23-16-18-5-2-9-22-15-18/h2,5,9,15,19-20H,3-4,6-8,10-14,16-17H2,1H3,(H,23,26). The molecule has 0 saturated carbocycles. The summed E-state index contributed by atoms with van der Waals surface area (Å²) in [7, 11) is 0. The van der Waals surface area contributed by atoms with Crippen LogP contribution < -0.4 is 5.32 Å². The molecular weight excluding hydrogens is 356 g/mol. The first-order valence-corrected chi connectivity index (χ1v) is 11.8. The lowest BCUT2D eigenvalue weighted by Gasteiger charge is -2.42. The van der Waals surface area contributed by atoms with E-state index >= 15 is 0 Å². The van der Waals surface area contributed by atoms with E-state index in [-0.39, 0.29) is 11.8 Å². The minimum Gasteiger partial charge on any atom is -0.352 e. The summed E-state index contributed by atoms with van der Waals surface area (Å²) in [5, 5.41) is 3.11. The number of nitrogens with zero attached hydrogens (tertiary/aromatic N) is 3. The Hall–Kier alpha value is -1.11. The van der Waals surface area contributed by atoms with Crippen LogP contribution in [-0.2, 0) is 11.3 Å². The van der Waals surface area contributed by atoms with Crippen molar-refractivity contribution in [3.05, 3.63) is 30.1 Å². The molecule has 0 aliphatic carbocycles. The Kier molecular flexibility index (Phi) is 8.42. The Balaban J connectivity index is 1.40. The molecule has 6 heteroatoms. The molecule has 1 aromatic heterocycles. The average Bonchev–Trinajstić information content (AvgIpc) is 2.73. The van der Waals surface area contributed by atoms with Gasteiger partial charge in [0.1, 0.15) is 0 Å². The molecule has 2 aliphatic rings. The predicted molar refractivity (Wildman–Crippen MR) is 113 cm³/mol. The zero-order chi connectivity index (χ0) is 18.9. The highest BCUT2D eigenvalue weighted by atomic mass is 32.2. The van der Waals surface area contributed by atoms with Crippen molar-refractivity contribution in [3.8, 4) is 0 Å².